The Morgan fingerprint density at radius 2 is 1.63 bits per heavy atom. The first-order chi connectivity index (χ1) is 9.22. The minimum absolute atomic E-state index is 0.624. The van der Waals surface area contributed by atoms with Crippen molar-refractivity contribution >= 4 is 0 Å². The van der Waals surface area contributed by atoms with Gasteiger partial charge < -0.3 is 10.1 Å². The fourth-order valence-corrected chi connectivity index (χ4v) is 2.21. The summed E-state index contributed by atoms with van der Waals surface area (Å²) in [7, 11) is 1.95. The molecule has 0 saturated carbocycles. The van der Waals surface area contributed by atoms with Crippen LogP contribution in [0.5, 0.6) is 5.75 Å². The summed E-state index contributed by atoms with van der Waals surface area (Å²) in [5.74, 6) is 0.958. The van der Waals surface area contributed by atoms with E-state index in [1.54, 1.807) is 0 Å². The molecule has 2 rings (SSSR count). The van der Waals surface area contributed by atoms with E-state index in [0.29, 0.717) is 6.61 Å². The molecular formula is C17H21NO. The van der Waals surface area contributed by atoms with Gasteiger partial charge in [0.1, 0.15) is 12.4 Å². The molecule has 0 saturated heterocycles. The van der Waals surface area contributed by atoms with Gasteiger partial charge >= 0.3 is 0 Å². The summed E-state index contributed by atoms with van der Waals surface area (Å²) >= 11 is 0. The van der Waals surface area contributed by atoms with Crippen LogP contribution in [0.15, 0.2) is 42.5 Å². The second-order valence-corrected chi connectivity index (χ2v) is 4.80. The van der Waals surface area contributed by atoms with Gasteiger partial charge in [-0.15, -0.1) is 0 Å². The molecule has 0 spiro atoms. The number of benzene rings is 2. The number of rotatable bonds is 5. The van der Waals surface area contributed by atoms with E-state index in [1.807, 2.05) is 25.2 Å². The molecule has 0 bridgehead atoms. The highest BCUT2D eigenvalue weighted by Crippen LogP contribution is 2.21. The monoisotopic (exact) mass is 255 g/mol. The van der Waals surface area contributed by atoms with E-state index in [0.717, 1.165) is 12.3 Å². The van der Waals surface area contributed by atoms with Crippen LogP contribution in [0.25, 0.3) is 0 Å². The number of nitrogens with one attached hydrogen (secondary N) is 1. The average Bonchev–Trinajstić information content (AvgIpc) is 2.40. The second kappa shape index (κ2) is 6.39. The van der Waals surface area contributed by atoms with Gasteiger partial charge in [0.05, 0.1) is 0 Å². The first-order valence-corrected chi connectivity index (χ1v) is 6.62. The molecule has 19 heavy (non-hydrogen) atoms. The van der Waals surface area contributed by atoms with E-state index in [2.05, 4.69) is 43.4 Å². The van der Waals surface area contributed by atoms with Gasteiger partial charge in [0.25, 0.3) is 0 Å². The van der Waals surface area contributed by atoms with Crippen LogP contribution in [0.4, 0.5) is 0 Å². The highest BCUT2D eigenvalue weighted by atomic mass is 16.5. The van der Waals surface area contributed by atoms with E-state index in [-0.39, 0.29) is 0 Å². The predicted octanol–water partition coefficient (Wildman–Crippen LogP) is 3.60. The third-order valence-corrected chi connectivity index (χ3v) is 3.36. The third kappa shape index (κ3) is 3.36. The average molecular weight is 255 g/mol. The van der Waals surface area contributed by atoms with Crippen molar-refractivity contribution in [3.8, 4) is 5.75 Å². The maximum Gasteiger partial charge on any atom is 0.124 e. The van der Waals surface area contributed by atoms with Crippen molar-refractivity contribution in [3.63, 3.8) is 0 Å². The first kappa shape index (κ1) is 13.6. The Morgan fingerprint density at radius 3 is 2.32 bits per heavy atom. The summed E-state index contributed by atoms with van der Waals surface area (Å²) in [5, 5.41) is 3.17. The lowest BCUT2D eigenvalue weighted by atomic mass is 10.0. The van der Waals surface area contributed by atoms with Crippen LogP contribution in [0, 0.1) is 13.8 Å². The molecule has 0 atom stereocenters. The lowest BCUT2D eigenvalue weighted by Crippen LogP contribution is -2.08. The topological polar surface area (TPSA) is 21.3 Å². The third-order valence-electron chi connectivity index (χ3n) is 3.36. The first-order valence-electron chi connectivity index (χ1n) is 6.62. The van der Waals surface area contributed by atoms with Crippen LogP contribution >= 0.6 is 0 Å². The Bertz CT molecular complexity index is 528. The van der Waals surface area contributed by atoms with E-state index in [4.69, 9.17) is 4.74 Å². The predicted molar refractivity (Wildman–Crippen MR) is 79.5 cm³/mol. The zero-order chi connectivity index (χ0) is 13.7. The Balaban J connectivity index is 2.15. The van der Waals surface area contributed by atoms with Gasteiger partial charge in [-0.3, -0.25) is 0 Å². The van der Waals surface area contributed by atoms with Crippen molar-refractivity contribution in [2.75, 3.05) is 7.05 Å². The molecule has 0 aromatic heterocycles. The van der Waals surface area contributed by atoms with Crippen LogP contribution < -0.4 is 10.1 Å². The zero-order valence-corrected chi connectivity index (χ0v) is 11.9. The molecule has 1 N–H and O–H groups in total. The minimum atomic E-state index is 0.624. The molecule has 2 aromatic carbocycles. The molecule has 0 unspecified atom stereocenters. The van der Waals surface area contributed by atoms with Crippen molar-refractivity contribution in [1.82, 2.24) is 5.32 Å². The smallest absolute Gasteiger partial charge is 0.124 e. The van der Waals surface area contributed by atoms with Gasteiger partial charge in [0, 0.05) is 12.1 Å². The molecule has 0 aliphatic heterocycles. The highest BCUT2D eigenvalue weighted by Gasteiger charge is 2.05. The van der Waals surface area contributed by atoms with E-state index in [1.165, 1.54) is 22.3 Å². The van der Waals surface area contributed by atoms with Crippen LogP contribution in [-0.2, 0) is 13.2 Å². The molecule has 0 fully saturated rings. The van der Waals surface area contributed by atoms with Gasteiger partial charge in [0.2, 0.25) is 0 Å². The number of aryl methyl sites for hydroxylation is 2. The molecule has 2 aromatic rings. The second-order valence-electron chi connectivity index (χ2n) is 4.80. The molecule has 2 heteroatoms. The number of hydrogen-bond donors (Lipinski definition) is 1. The Morgan fingerprint density at radius 1 is 0.947 bits per heavy atom. The number of hydrogen-bond acceptors (Lipinski definition) is 2. The normalized spacial score (nSPS) is 10.5. The largest absolute Gasteiger partial charge is 0.489 e. The van der Waals surface area contributed by atoms with Crippen molar-refractivity contribution in [1.29, 1.82) is 0 Å². The van der Waals surface area contributed by atoms with Gasteiger partial charge in [-0.1, -0.05) is 36.4 Å². The quantitative estimate of drug-likeness (QED) is 0.881. The minimum Gasteiger partial charge on any atom is -0.489 e. The van der Waals surface area contributed by atoms with Crippen LogP contribution in [-0.4, -0.2) is 7.05 Å². The molecule has 2 nitrogen and oxygen atoms in total. The SMILES string of the molecule is CNCc1ccccc1OCc1c(C)cccc1C. The lowest BCUT2D eigenvalue weighted by Gasteiger charge is -2.14. The molecule has 0 aliphatic carbocycles. The summed E-state index contributed by atoms with van der Waals surface area (Å²) in [6, 6.07) is 14.5. The summed E-state index contributed by atoms with van der Waals surface area (Å²) in [6.07, 6.45) is 0. The maximum atomic E-state index is 6.00. The molecule has 0 aliphatic rings. The van der Waals surface area contributed by atoms with Gasteiger partial charge in [-0.05, 0) is 43.7 Å². The van der Waals surface area contributed by atoms with Crippen LogP contribution in [0.1, 0.15) is 22.3 Å². The van der Waals surface area contributed by atoms with Crippen molar-refractivity contribution in [2.24, 2.45) is 0 Å². The van der Waals surface area contributed by atoms with Gasteiger partial charge in [-0.2, -0.15) is 0 Å². The number of ether oxygens (including phenoxy) is 1. The maximum absolute atomic E-state index is 6.00. The van der Waals surface area contributed by atoms with Crippen LogP contribution in [0.2, 0.25) is 0 Å². The van der Waals surface area contributed by atoms with E-state index in [9.17, 15) is 0 Å². The fraction of sp³-hybridized carbons (Fsp3) is 0.294. The Kier molecular flexibility index (Phi) is 4.58. The highest BCUT2D eigenvalue weighted by molar-refractivity contribution is 5.36. The molecule has 100 valence electrons. The lowest BCUT2D eigenvalue weighted by molar-refractivity contribution is 0.301. The Hall–Kier alpha value is -1.80. The summed E-state index contributed by atoms with van der Waals surface area (Å²) in [4.78, 5) is 0. The molecule has 0 radical (unpaired) electrons. The Labute approximate surface area is 115 Å². The van der Waals surface area contributed by atoms with Crippen LogP contribution in [0.3, 0.4) is 0 Å². The summed E-state index contributed by atoms with van der Waals surface area (Å²) in [6.45, 7) is 5.71. The van der Waals surface area contributed by atoms with Gasteiger partial charge in [0.15, 0.2) is 0 Å². The molecular weight excluding hydrogens is 234 g/mol. The van der Waals surface area contributed by atoms with Crippen molar-refractivity contribution in [3.05, 3.63) is 64.7 Å². The fourth-order valence-electron chi connectivity index (χ4n) is 2.21. The standard InChI is InChI=1S/C17H21NO/c1-13-7-6-8-14(2)16(13)12-19-17-10-5-4-9-15(17)11-18-3/h4-10,18H,11-12H2,1-3H3. The summed E-state index contributed by atoms with van der Waals surface area (Å²) in [5.41, 5.74) is 5.04. The molecule has 0 heterocycles. The van der Waals surface area contributed by atoms with E-state index < -0.39 is 0 Å². The zero-order valence-electron chi connectivity index (χ0n) is 11.9. The number of para-hydroxylation sites is 1. The summed E-state index contributed by atoms with van der Waals surface area (Å²) < 4.78 is 6.00. The van der Waals surface area contributed by atoms with E-state index >= 15 is 0 Å². The van der Waals surface area contributed by atoms with Crippen molar-refractivity contribution < 1.29 is 4.74 Å². The van der Waals surface area contributed by atoms with Crippen molar-refractivity contribution in [2.45, 2.75) is 27.0 Å². The van der Waals surface area contributed by atoms with Gasteiger partial charge in [-0.25, -0.2) is 0 Å². The molecule has 0 amide bonds.